The average Bonchev–Trinajstić information content (AvgIpc) is 2.65. The van der Waals surface area contributed by atoms with Crippen LogP contribution in [-0.4, -0.2) is 16.7 Å². The van der Waals surface area contributed by atoms with E-state index in [1.54, 1.807) is 18.3 Å². The number of esters is 1. The Balaban J connectivity index is 1.54. The number of para-hydroxylation sites is 1. The molecular weight excluding hydrogens is 314 g/mol. The van der Waals surface area contributed by atoms with Gasteiger partial charge in [-0.2, -0.15) is 0 Å². The van der Waals surface area contributed by atoms with Gasteiger partial charge in [0.15, 0.2) is 5.78 Å². The quantitative estimate of drug-likeness (QED) is 0.500. The Labute approximate surface area is 146 Å². The van der Waals surface area contributed by atoms with Gasteiger partial charge in [-0.15, -0.1) is 0 Å². The first-order valence-electron chi connectivity index (χ1n) is 8.21. The van der Waals surface area contributed by atoms with Crippen LogP contribution in [0, 0.1) is 6.92 Å². The molecule has 4 nitrogen and oxygen atoms in total. The first-order chi connectivity index (χ1) is 12.1. The Kier molecular flexibility index (Phi) is 5.19. The number of ketones is 1. The number of pyridine rings is 1. The normalized spacial score (nSPS) is 10.6. The Morgan fingerprint density at radius 1 is 0.960 bits per heavy atom. The van der Waals surface area contributed by atoms with Crippen molar-refractivity contribution in [1.29, 1.82) is 0 Å². The van der Waals surface area contributed by atoms with Crippen LogP contribution < -0.4 is 0 Å². The third-order valence-electron chi connectivity index (χ3n) is 4.03. The van der Waals surface area contributed by atoms with Gasteiger partial charge in [0.2, 0.25) is 0 Å². The molecule has 25 heavy (non-hydrogen) atoms. The Hall–Kier alpha value is -3.01. The third-order valence-corrected chi connectivity index (χ3v) is 4.03. The average molecular weight is 333 g/mol. The van der Waals surface area contributed by atoms with Crippen LogP contribution in [0.1, 0.15) is 34.3 Å². The van der Waals surface area contributed by atoms with Gasteiger partial charge < -0.3 is 4.74 Å². The van der Waals surface area contributed by atoms with E-state index < -0.39 is 0 Å². The molecule has 0 amide bonds. The Bertz CT molecular complexity index is 895. The number of carbonyl (C=O) groups is 2. The molecule has 0 saturated heterocycles. The number of aromatic nitrogens is 1. The molecule has 3 aromatic rings. The number of carbonyl (C=O) groups excluding carboxylic acids is 2. The summed E-state index contributed by atoms with van der Waals surface area (Å²) < 4.78 is 5.31. The smallest absolute Gasteiger partial charge is 0.306 e. The molecule has 0 fully saturated rings. The molecule has 0 bridgehead atoms. The number of fused-ring (bicyclic) bond motifs is 1. The first-order valence-corrected chi connectivity index (χ1v) is 8.21. The zero-order valence-electron chi connectivity index (χ0n) is 14.1. The standard InChI is InChI=1S/C21H19NO3/c1-15-7-9-16(10-8-15)19(23)11-12-20(24)25-14-18-5-2-4-17-6-3-13-22-21(17)18/h2-10,13H,11-12,14H2,1H3. The lowest BCUT2D eigenvalue weighted by Gasteiger charge is -2.07. The maximum absolute atomic E-state index is 12.1. The van der Waals surface area contributed by atoms with E-state index in [0.29, 0.717) is 5.56 Å². The molecule has 126 valence electrons. The molecule has 0 saturated carbocycles. The summed E-state index contributed by atoms with van der Waals surface area (Å²) in [6, 6.07) is 16.9. The van der Waals surface area contributed by atoms with Gasteiger partial charge in [0.05, 0.1) is 11.9 Å². The van der Waals surface area contributed by atoms with Gasteiger partial charge >= 0.3 is 5.97 Å². The van der Waals surface area contributed by atoms with E-state index in [-0.39, 0.29) is 31.2 Å². The van der Waals surface area contributed by atoms with Gasteiger partial charge in [-0.05, 0) is 13.0 Å². The van der Waals surface area contributed by atoms with Crippen molar-refractivity contribution >= 4 is 22.7 Å². The zero-order chi connectivity index (χ0) is 17.6. The first kappa shape index (κ1) is 16.8. The second-order valence-electron chi connectivity index (χ2n) is 5.94. The molecule has 2 aromatic carbocycles. The second-order valence-corrected chi connectivity index (χ2v) is 5.94. The van der Waals surface area contributed by atoms with Crippen LogP contribution in [0.5, 0.6) is 0 Å². The van der Waals surface area contributed by atoms with Crippen molar-refractivity contribution in [2.45, 2.75) is 26.4 Å². The Morgan fingerprint density at radius 2 is 1.72 bits per heavy atom. The lowest BCUT2D eigenvalue weighted by atomic mass is 10.1. The number of ether oxygens (including phenoxy) is 1. The van der Waals surface area contributed by atoms with Crippen LogP contribution in [0.2, 0.25) is 0 Å². The minimum Gasteiger partial charge on any atom is -0.461 e. The van der Waals surface area contributed by atoms with Crippen molar-refractivity contribution in [3.63, 3.8) is 0 Å². The summed E-state index contributed by atoms with van der Waals surface area (Å²) in [5.41, 5.74) is 3.40. The van der Waals surface area contributed by atoms with Gasteiger partial charge in [-0.1, -0.05) is 54.1 Å². The van der Waals surface area contributed by atoms with Crippen molar-refractivity contribution < 1.29 is 14.3 Å². The lowest BCUT2D eigenvalue weighted by Crippen LogP contribution is -2.08. The van der Waals surface area contributed by atoms with E-state index in [0.717, 1.165) is 22.0 Å². The minimum absolute atomic E-state index is 0.0521. The van der Waals surface area contributed by atoms with Gasteiger partial charge in [0.1, 0.15) is 6.61 Å². The maximum Gasteiger partial charge on any atom is 0.306 e. The number of hydrogen-bond donors (Lipinski definition) is 0. The fraction of sp³-hybridized carbons (Fsp3) is 0.190. The molecular formula is C21H19NO3. The molecule has 0 N–H and O–H groups in total. The predicted octanol–water partition coefficient (Wildman–Crippen LogP) is 4.25. The number of nitrogens with zero attached hydrogens (tertiary/aromatic N) is 1. The van der Waals surface area contributed by atoms with E-state index in [1.165, 1.54) is 0 Å². The molecule has 1 aromatic heterocycles. The van der Waals surface area contributed by atoms with Crippen LogP contribution in [0.15, 0.2) is 60.8 Å². The van der Waals surface area contributed by atoms with Crippen molar-refractivity contribution in [2.75, 3.05) is 0 Å². The second kappa shape index (κ2) is 7.71. The number of hydrogen-bond acceptors (Lipinski definition) is 4. The Morgan fingerprint density at radius 3 is 2.52 bits per heavy atom. The van der Waals surface area contributed by atoms with Crippen molar-refractivity contribution in [2.24, 2.45) is 0 Å². The lowest BCUT2D eigenvalue weighted by molar-refractivity contribution is -0.144. The highest BCUT2D eigenvalue weighted by Crippen LogP contribution is 2.17. The van der Waals surface area contributed by atoms with Crippen LogP contribution in [0.25, 0.3) is 10.9 Å². The molecule has 0 aliphatic heterocycles. The molecule has 0 atom stereocenters. The molecule has 3 rings (SSSR count). The van der Waals surface area contributed by atoms with E-state index in [1.807, 2.05) is 49.4 Å². The highest BCUT2D eigenvalue weighted by molar-refractivity contribution is 5.97. The van der Waals surface area contributed by atoms with Crippen molar-refractivity contribution in [3.8, 4) is 0 Å². The van der Waals surface area contributed by atoms with Crippen LogP contribution in [0.4, 0.5) is 0 Å². The molecule has 0 aliphatic rings. The number of rotatable bonds is 6. The van der Waals surface area contributed by atoms with E-state index in [4.69, 9.17) is 4.74 Å². The van der Waals surface area contributed by atoms with E-state index in [2.05, 4.69) is 4.98 Å². The molecule has 0 radical (unpaired) electrons. The van der Waals surface area contributed by atoms with Crippen LogP contribution >= 0.6 is 0 Å². The largest absolute Gasteiger partial charge is 0.461 e. The summed E-state index contributed by atoms with van der Waals surface area (Å²) in [4.78, 5) is 28.4. The summed E-state index contributed by atoms with van der Waals surface area (Å²) in [7, 11) is 0. The fourth-order valence-corrected chi connectivity index (χ4v) is 2.61. The number of Topliss-reactive ketones (excluding diaryl/α,β-unsaturated/α-hetero) is 1. The van der Waals surface area contributed by atoms with Gasteiger partial charge in [-0.3, -0.25) is 14.6 Å². The minimum atomic E-state index is -0.381. The summed E-state index contributed by atoms with van der Waals surface area (Å²) >= 11 is 0. The molecule has 0 aliphatic carbocycles. The van der Waals surface area contributed by atoms with E-state index >= 15 is 0 Å². The molecule has 1 heterocycles. The van der Waals surface area contributed by atoms with Crippen molar-refractivity contribution in [1.82, 2.24) is 4.98 Å². The summed E-state index contributed by atoms with van der Waals surface area (Å²) in [5.74, 6) is -0.433. The van der Waals surface area contributed by atoms with Crippen LogP contribution in [-0.2, 0) is 16.1 Å². The highest BCUT2D eigenvalue weighted by Gasteiger charge is 2.11. The monoisotopic (exact) mass is 333 g/mol. The zero-order valence-corrected chi connectivity index (χ0v) is 14.1. The molecule has 4 heteroatoms. The predicted molar refractivity (Wildman–Crippen MR) is 96.3 cm³/mol. The summed E-state index contributed by atoms with van der Waals surface area (Å²) in [5, 5.41) is 1.01. The summed E-state index contributed by atoms with van der Waals surface area (Å²) in [6.07, 6.45) is 1.94. The van der Waals surface area contributed by atoms with Crippen LogP contribution in [0.3, 0.4) is 0 Å². The van der Waals surface area contributed by atoms with Gasteiger partial charge in [-0.25, -0.2) is 0 Å². The van der Waals surface area contributed by atoms with Crippen molar-refractivity contribution in [3.05, 3.63) is 77.5 Å². The van der Waals surface area contributed by atoms with Gasteiger partial charge in [0.25, 0.3) is 0 Å². The highest BCUT2D eigenvalue weighted by atomic mass is 16.5. The summed E-state index contributed by atoms with van der Waals surface area (Å²) in [6.45, 7) is 2.12. The number of benzene rings is 2. The molecule has 0 unspecified atom stereocenters. The third kappa shape index (κ3) is 4.29. The molecule has 0 spiro atoms. The maximum atomic E-state index is 12.1. The van der Waals surface area contributed by atoms with Gasteiger partial charge in [0, 0.05) is 29.1 Å². The van der Waals surface area contributed by atoms with E-state index in [9.17, 15) is 9.59 Å². The SMILES string of the molecule is Cc1ccc(C(=O)CCC(=O)OCc2cccc3cccnc23)cc1. The topological polar surface area (TPSA) is 56.3 Å². The fourth-order valence-electron chi connectivity index (χ4n) is 2.61. The number of aryl methyl sites for hydroxylation is 1.